The summed E-state index contributed by atoms with van der Waals surface area (Å²) in [5.74, 6) is 0.517. The first kappa shape index (κ1) is 10.9. The lowest BCUT2D eigenvalue weighted by atomic mass is 10.1. The zero-order valence-electron chi connectivity index (χ0n) is 8.04. The fraction of sp³-hybridized carbons (Fsp3) is 0.556. The minimum absolute atomic E-state index is 0.184. The summed E-state index contributed by atoms with van der Waals surface area (Å²) in [6, 6.07) is 1.60. The van der Waals surface area contributed by atoms with Crippen LogP contribution in [0.25, 0.3) is 0 Å². The van der Waals surface area contributed by atoms with E-state index in [0.29, 0.717) is 10.9 Å². The van der Waals surface area contributed by atoms with Crippen LogP contribution in [-0.4, -0.2) is 29.4 Å². The second-order valence-corrected chi connectivity index (χ2v) is 4.13. The molecule has 1 aromatic heterocycles. The van der Waals surface area contributed by atoms with Crippen molar-refractivity contribution < 1.29 is 4.74 Å². The number of aromatic nitrogens is 2. The van der Waals surface area contributed by atoms with E-state index in [1.54, 1.807) is 6.07 Å². The highest BCUT2D eigenvalue weighted by Gasteiger charge is 2.16. The third kappa shape index (κ3) is 2.93. The molecule has 4 nitrogen and oxygen atoms in total. The molecule has 1 aromatic rings. The van der Waals surface area contributed by atoms with Gasteiger partial charge in [-0.1, -0.05) is 23.2 Å². The molecule has 1 fully saturated rings. The van der Waals surface area contributed by atoms with Crippen molar-refractivity contribution in [2.45, 2.75) is 18.9 Å². The van der Waals surface area contributed by atoms with Crippen molar-refractivity contribution in [3.8, 4) is 5.75 Å². The molecule has 0 unspecified atom stereocenters. The van der Waals surface area contributed by atoms with Gasteiger partial charge >= 0.3 is 0 Å². The molecule has 82 valence electrons. The largest absolute Gasteiger partial charge is 0.487 e. The summed E-state index contributed by atoms with van der Waals surface area (Å²) in [5, 5.41) is 11.1. The first-order chi connectivity index (χ1) is 7.25. The van der Waals surface area contributed by atoms with Crippen LogP contribution in [0.2, 0.25) is 10.3 Å². The zero-order chi connectivity index (χ0) is 10.7. The monoisotopic (exact) mass is 247 g/mol. The van der Waals surface area contributed by atoms with Crippen molar-refractivity contribution in [1.29, 1.82) is 0 Å². The summed E-state index contributed by atoms with van der Waals surface area (Å²) in [6.45, 7) is 1.93. The van der Waals surface area contributed by atoms with Crippen molar-refractivity contribution in [3.05, 3.63) is 16.4 Å². The van der Waals surface area contributed by atoms with Crippen LogP contribution in [0.1, 0.15) is 12.8 Å². The van der Waals surface area contributed by atoms with E-state index >= 15 is 0 Å². The molecule has 1 N–H and O–H groups in total. The number of ether oxygens (including phenoxy) is 1. The first-order valence-electron chi connectivity index (χ1n) is 4.82. The molecule has 1 saturated heterocycles. The van der Waals surface area contributed by atoms with E-state index in [4.69, 9.17) is 27.9 Å². The summed E-state index contributed by atoms with van der Waals surface area (Å²) in [6.07, 6.45) is 2.12. The van der Waals surface area contributed by atoms with Crippen LogP contribution in [0.15, 0.2) is 6.07 Å². The van der Waals surface area contributed by atoms with Gasteiger partial charge in [0.25, 0.3) is 0 Å². The first-order valence-corrected chi connectivity index (χ1v) is 5.57. The highest BCUT2D eigenvalue weighted by atomic mass is 35.5. The normalized spacial score (nSPS) is 17.7. The van der Waals surface area contributed by atoms with Crippen LogP contribution in [0.5, 0.6) is 5.75 Å². The summed E-state index contributed by atoms with van der Waals surface area (Å²) < 4.78 is 5.71. The Morgan fingerprint density at radius 3 is 2.73 bits per heavy atom. The van der Waals surface area contributed by atoms with E-state index in [2.05, 4.69) is 15.5 Å². The molecule has 0 spiro atoms. The van der Waals surface area contributed by atoms with E-state index in [1.165, 1.54) is 0 Å². The molecule has 0 radical (unpaired) electrons. The second-order valence-electron chi connectivity index (χ2n) is 3.39. The molecule has 0 amide bonds. The van der Waals surface area contributed by atoms with Gasteiger partial charge in [0.05, 0.1) is 0 Å². The zero-order valence-corrected chi connectivity index (χ0v) is 9.55. The lowest BCUT2D eigenvalue weighted by molar-refractivity contribution is 0.162. The highest BCUT2D eigenvalue weighted by molar-refractivity contribution is 6.32. The summed E-state index contributed by atoms with van der Waals surface area (Å²) >= 11 is 11.6. The smallest absolute Gasteiger partial charge is 0.193 e. The molecule has 2 rings (SSSR count). The van der Waals surface area contributed by atoms with Crippen LogP contribution in [0, 0.1) is 0 Å². The lowest BCUT2D eigenvalue weighted by Crippen LogP contribution is -2.34. The number of hydrogen-bond acceptors (Lipinski definition) is 4. The molecule has 0 saturated carbocycles. The van der Waals surface area contributed by atoms with E-state index < -0.39 is 0 Å². The predicted octanol–water partition coefficient (Wildman–Crippen LogP) is 1.91. The van der Waals surface area contributed by atoms with Crippen molar-refractivity contribution in [1.82, 2.24) is 15.5 Å². The molecule has 0 bridgehead atoms. The third-order valence-corrected chi connectivity index (χ3v) is 2.71. The highest BCUT2D eigenvalue weighted by Crippen LogP contribution is 2.25. The second kappa shape index (κ2) is 4.96. The number of hydrogen-bond donors (Lipinski definition) is 1. The van der Waals surface area contributed by atoms with Gasteiger partial charge in [0.1, 0.15) is 6.10 Å². The maximum atomic E-state index is 5.84. The number of nitrogens with zero attached hydrogens (tertiary/aromatic N) is 2. The Morgan fingerprint density at radius 1 is 1.27 bits per heavy atom. The maximum Gasteiger partial charge on any atom is 0.193 e. The minimum atomic E-state index is 0.184. The van der Waals surface area contributed by atoms with Crippen LogP contribution in [0.3, 0.4) is 0 Å². The average molecular weight is 248 g/mol. The van der Waals surface area contributed by atoms with Gasteiger partial charge in [0.2, 0.25) is 0 Å². The standard InChI is InChI=1S/C9H11Cl2N3O/c10-8-5-7(9(11)14-13-8)15-6-1-3-12-4-2-6/h5-6,12H,1-4H2. The third-order valence-electron chi connectivity index (χ3n) is 2.27. The van der Waals surface area contributed by atoms with E-state index in [0.717, 1.165) is 25.9 Å². The molecule has 15 heavy (non-hydrogen) atoms. The van der Waals surface area contributed by atoms with Gasteiger partial charge in [-0.15, -0.1) is 10.2 Å². The van der Waals surface area contributed by atoms with Crippen molar-refractivity contribution in [2.75, 3.05) is 13.1 Å². The molecule has 0 aliphatic carbocycles. The molecule has 2 heterocycles. The average Bonchev–Trinajstić information content (AvgIpc) is 2.25. The van der Waals surface area contributed by atoms with Gasteiger partial charge in [-0.2, -0.15) is 0 Å². The predicted molar refractivity (Wildman–Crippen MR) is 58.6 cm³/mol. The Labute approximate surface area is 97.9 Å². The summed E-state index contributed by atoms with van der Waals surface area (Å²) in [5.41, 5.74) is 0. The number of halogens is 2. The van der Waals surface area contributed by atoms with Crippen molar-refractivity contribution >= 4 is 23.2 Å². The SMILES string of the molecule is Clc1cc(OC2CCNCC2)c(Cl)nn1. The Hall–Kier alpha value is -0.580. The maximum absolute atomic E-state index is 5.84. The van der Waals surface area contributed by atoms with Gasteiger partial charge < -0.3 is 10.1 Å². The lowest BCUT2D eigenvalue weighted by Gasteiger charge is -2.23. The molecule has 1 aliphatic heterocycles. The summed E-state index contributed by atoms with van der Waals surface area (Å²) in [4.78, 5) is 0. The van der Waals surface area contributed by atoms with E-state index in [9.17, 15) is 0 Å². The van der Waals surface area contributed by atoms with E-state index in [-0.39, 0.29) is 11.3 Å². The van der Waals surface area contributed by atoms with Crippen LogP contribution in [0.4, 0.5) is 0 Å². The van der Waals surface area contributed by atoms with Crippen LogP contribution < -0.4 is 10.1 Å². The Bertz CT molecular complexity index is 342. The van der Waals surface area contributed by atoms with Crippen LogP contribution >= 0.6 is 23.2 Å². The summed E-state index contributed by atoms with van der Waals surface area (Å²) in [7, 11) is 0. The molecular weight excluding hydrogens is 237 g/mol. The van der Waals surface area contributed by atoms with Gasteiger partial charge in [0, 0.05) is 6.07 Å². The molecule has 1 aliphatic rings. The van der Waals surface area contributed by atoms with Gasteiger partial charge in [-0.05, 0) is 25.9 Å². The van der Waals surface area contributed by atoms with Crippen molar-refractivity contribution in [2.24, 2.45) is 0 Å². The molecule has 0 aromatic carbocycles. The quantitative estimate of drug-likeness (QED) is 0.868. The minimum Gasteiger partial charge on any atom is -0.487 e. The molecule has 6 heteroatoms. The van der Waals surface area contributed by atoms with Crippen molar-refractivity contribution in [3.63, 3.8) is 0 Å². The number of rotatable bonds is 2. The van der Waals surface area contributed by atoms with Gasteiger partial charge in [-0.3, -0.25) is 0 Å². The van der Waals surface area contributed by atoms with Gasteiger partial charge in [-0.25, -0.2) is 0 Å². The molecule has 0 atom stereocenters. The Balaban J connectivity index is 2.05. The Morgan fingerprint density at radius 2 is 2.00 bits per heavy atom. The number of piperidine rings is 1. The molecular formula is C9H11Cl2N3O. The fourth-order valence-electron chi connectivity index (χ4n) is 1.51. The van der Waals surface area contributed by atoms with E-state index in [1.807, 2.05) is 0 Å². The topological polar surface area (TPSA) is 47.0 Å². The van der Waals surface area contributed by atoms with Crippen LogP contribution in [-0.2, 0) is 0 Å². The number of nitrogens with one attached hydrogen (secondary N) is 1. The van der Waals surface area contributed by atoms with Gasteiger partial charge in [0.15, 0.2) is 16.1 Å². The Kier molecular flexibility index (Phi) is 3.61. The fourth-order valence-corrected chi connectivity index (χ4v) is 1.79.